The maximum Gasteiger partial charge on any atom is 0.396 e. The molecule has 5 heteroatoms. The first kappa shape index (κ1) is 11.0. The zero-order valence-corrected chi connectivity index (χ0v) is 8.40. The molecule has 2 unspecified atom stereocenters. The molecule has 80 valence electrons. The van der Waals surface area contributed by atoms with E-state index in [-0.39, 0.29) is 5.92 Å². The summed E-state index contributed by atoms with van der Waals surface area (Å²) in [5, 5.41) is 9.29. The van der Waals surface area contributed by atoms with Gasteiger partial charge in [0.05, 0.1) is 13.2 Å². The molecule has 1 aliphatic rings. The topological polar surface area (TPSA) is 66.8 Å². The smallest absolute Gasteiger partial charge is 0.396 e. The van der Waals surface area contributed by atoms with E-state index in [0.717, 1.165) is 6.42 Å². The summed E-state index contributed by atoms with van der Waals surface area (Å²) >= 11 is 0. The van der Waals surface area contributed by atoms with Gasteiger partial charge in [-0.15, -0.1) is 0 Å². The molecule has 14 heavy (non-hydrogen) atoms. The lowest BCUT2D eigenvalue weighted by Crippen LogP contribution is -2.36. The van der Waals surface area contributed by atoms with E-state index in [2.05, 4.69) is 4.74 Å². The van der Waals surface area contributed by atoms with E-state index in [1.165, 1.54) is 12.0 Å². The normalized spacial score (nSPS) is 23.4. The average Bonchev–Trinajstić information content (AvgIpc) is 2.64. The summed E-state index contributed by atoms with van der Waals surface area (Å²) in [5.74, 6) is -1.38. The summed E-state index contributed by atoms with van der Waals surface area (Å²) in [4.78, 5) is 23.6. The molecule has 0 aromatic carbocycles. The number of hydrogen-bond donors (Lipinski definition) is 1. The van der Waals surface area contributed by atoms with Gasteiger partial charge in [-0.1, -0.05) is 0 Å². The molecular weight excluding hydrogens is 186 g/mol. The molecule has 1 fully saturated rings. The molecule has 0 aromatic rings. The summed E-state index contributed by atoms with van der Waals surface area (Å²) in [6.45, 7) is 2.64. The number of likely N-dealkylation sites (tertiary alicyclic amines) is 1. The van der Waals surface area contributed by atoms with Crippen molar-refractivity contribution in [1.82, 2.24) is 4.90 Å². The predicted octanol–water partition coefficient (Wildman–Crippen LogP) is -0.611. The minimum atomic E-state index is -0.837. The highest BCUT2D eigenvalue weighted by Gasteiger charge is 2.32. The number of aliphatic hydroxyl groups is 1. The Morgan fingerprint density at radius 1 is 1.57 bits per heavy atom. The van der Waals surface area contributed by atoms with Crippen LogP contribution >= 0.6 is 0 Å². The summed E-state index contributed by atoms with van der Waals surface area (Å²) < 4.78 is 4.33. The fourth-order valence-electron chi connectivity index (χ4n) is 1.58. The first-order valence-corrected chi connectivity index (χ1v) is 4.61. The molecule has 1 rings (SSSR count). The van der Waals surface area contributed by atoms with Crippen LogP contribution in [-0.2, 0) is 14.3 Å². The van der Waals surface area contributed by atoms with Crippen molar-refractivity contribution in [2.45, 2.75) is 19.4 Å². The Morgan fingerprint density at radius 3 is 2.64 bits per heavy atom. The summed E-state index contributed by atoms with van der Waals surface area (Å²) in [6.07, 6.45) is 0.297. The Bertz CT molecular complexity index is 239. The van der Waals surface area contributed by atoms with Crippen molar-refractivity contribution in [3.8, 4) is 0 Å². The van der Waals surface area contributed by atoms with Gasteiger partial charge in [-0.25, -0.2) is 4.79 Å². The van der Waals surface area contributed by atoms with Gasteiger partial charge < -0.3 is 14.7 Å². The molecule has 1 saturated heterocycles. The van der Waals surface area contributed by atoms with Crippen molar-refractivity contribution < 1.29 is 19.4 Å². The Balaban J connectivity index is 2.50. The molecular formula is C9H15NO4. The van der Waals surface area contributed by atoms with E-state index < -0.39 is 18.0 Å². The van der Waals surface area contributed by atoms with Gasteiger partial charge in [0.2, 0.25) is 0 Å². The second-order valence-electron chi connectivity index (χ2n) is 3.53. The van der Waals surface area contributed by atoms with Crippen LogP contribution in [0.2, 0.25) is 0 Å². The Kier molecular flexibility index (Phi) is 3.46. The van der Waals surface area contributed by atoms with Crippen LogP contribution in [0.3, 0.4) is 0 Å². The highest BCUT2D eigenvalue weighted by molar-refractivity contribution is 6.32. The lowest BCUT2D eigenvalue weighted by molar-refractivity contribution is -0.157. The van der Waals surface area contributed by atoms with Crippen LogP contribution in [0.25, 0.3) is 0 Å². The van der Waals surface area contributed by atoms with Crippen LogP contribution in [0.1, 0.15) is 13.3 Å². The van der Waals surface area contributed by atoms with Crippen LogP contribution in [0, 0.1) is 5.92 Å². The maximum absolute atomic E-state index is 11.3. The van der Waals surface area contributed by atoms with E-state index in [1.54, 1.807) is 6.92 Å². The van der Waals surface area contributed by atoms with Crippen LogP contribution in [0.5, 0.6) is 0 Å². The second kappa shape index (κ2) is 4.41. The van der Waals surface area contributed by atoms with Crippen LogP contribution in [0.15, 0.2) is 0 Å². The van der Waals surface area contributed by atoms with Gasteiger partial charge in [0.25, 0.3) is 0 Å². The number of carbonyl (C=O) groups excluding carboxylic acids is 2. The summed E-state index contributed by atoms with van der Waals surface area (Å²) in [6, 6.07) is 0. The average molecular weight is 201 g/mol. The van der Waals surface area contributed by atoms with Crippen molar-refractivity contribution >= 4 is 11.9 Å². The Hall–Kier alpha value is -1.10. The molecule has 1 N–H and O–H groups in total. The number of aliphatic hydroxyl groups excluding tert-OH is 1. The Labute approximate surface area is 82.6 Å². The number of hydrogen-bond acceptors (Lipinski definition) is 4. The zero-order valence-electron chi connectivity index (χ0n) is 8.40. The number of nitrogens with zero attached hydrogens (tertiary/aromatic N) is 1. The van der Waals surface area contributed by atoms with Gasteiger partial charge in [0.15, 0.2) is 0 Å². The zero-order chi connectivity index (χ0) is 10.7. The standard InChI is InChI=1S/C9H15NO4/c1-6(11)7-3-4-10(5-7)8(12)9(13)14-2/h6-7,11H,3-5H2,1-2H3. The number of carbonyl (C=O) groups is 2. The summed E-state index contributed by atoms with van der Waals surface area (Å²) in [7, 11) is 1.18. The minimum absolute atomic E-state index is 0.0728. The summed E-state index contributed by atoms with van der Waals surface area (Å²) in [5.41, 5.74) is 0. The van der Waals surface area contributed by atoms with Gasteiger partial charge in [0, 0.05) is 19.0 Å². The second-order valence-corrected chi connectivity index (χ2v) is 3.53. The number of methoxy groups -OCH3 is 1. The first-order chi connectivity index (χ1) is 6.56. The van der Waals surface area contributed by atoms with Gasteiger partial charge in [-0.2, -0.15) is 0 Å². The van der Waals surface area contributed by atoms with E-state index >= 15 is 0 Å². The van der Waals surface area contributed by atoms with Crippen molar-refractivity contribution in [2.24, 2.45) is 5.92 Å². The fraction of sp³-hybridized carbons (Fsp3) is 0.778. The highest BCUT2D eigenvalue weighted by atomic mass is 16.5. The quantitative estimate of drug-likeness (QED) is 0.454. The number of ether oxygens (including phenoxy) is 1. The minimum Gasteiger partial charge on any atom is -0.462 e. The molecule has 0 spiro atoms. The van der Waals surface area contributed by atoms with E-state index in [1.807, 2.05) is 0 Å². The lowest BCUT2D eigenvalue weighted by Gasteiger charge is -2.15. The van der Waals surface area contributed by atoms with Gasteiger partial charge in [0.1, 0.15) is 0 Å². The van der Waals surface area contributed by atoms with Crippen molar-refractivity contribution in [2.75, 3.05) is 20.2 Å². The predicted molar refractivity (Wildman–Crippen MR) is 48.4 cm³/mol. The first-order valence-electron chi connectivity index (χ1n) is 4.61. The molecule has 0 aromatic heterocycles. The van der Waals surface area contributed by atoms with Crippen molar-refractivity contribution in [3.05, 3.63) is 0 Å². The number of rotatable bonds is 1. The molecule has 0 bridgehead atoms. The molecule has 1 amide bonds. The van der Waals surface area contributed by atoms with Crippen LogP contribution < -0.4 is 0 Å². The SMILES string of the molecule is COC(=O)C(=O)N1CCC(C(C)O)C1. The third-order valence-corrected chi connectivity index (χ3v) is 2.55. The monoisotopic (exact) mass is 201 g/mol. The van der Waals surface area contributed by atoms with Crippen LogP contribution in [-0.4, -0.2) is 48.2 Å². The molecule has 5 nitrogen and oxygen atoms in total. The van der Waals surface area contributed by atoms with E-state index in [9.17, 15) is 14.7 Å². The largest absolute Gasteiger partial charge is 0.462 e. The number of amides is 1. The third-order valence-electron chi connectivity index (χ3n) is 2.55. The van der Waals surface area contributed by atoms with E-state index in [4.69, 9.17) is 0 Å². The number of esters is 1. The van der Waals surface area contributed by atoms with Crippen LogP contribution in [0.4, 0.5) is 0 Å². The molecule has 1 heterocycles. The maximum atomic E-state index is 11.3. The third kappa shape index (κ3) is 2.23. The molecule has 0 radical (unpaired) electrons. The lowest BCUT2D eigenvalue weighted by atomic mass is 10.0. The van der Waals surface area contributed by atoms with Gasteiger partial charge in [-0.05, 0) is 13.3 Å². The van der Waals surface area contributed by atoms with Crippen molar-refractivity contribution in [3.63, 3.8) is 0 Å². The fourth-order valence-corrected chi connectivity index (χ4v) is 1.58. The molecule has 2 atom stereocenters. The van der Waals surface area contributed by atoms with Gasteiger partial charge >= 0.3 is 11.9 Å². The molecule has 1 aliphatic heterocycles. The Morgan fingerprint density at radius 2 is 2.21 bits per heavy atom. The highest BCUT2D eigenvalue weighted by Crippen LogP contribution is 2.19. The van der Waals surface area contributed by atoms with Gasteiger partial charge in [-0.3, -0.25) is 4.79 Å². The molecule has 0 aliphatic carbocycles. The van der Waals surface area contributed by atoms with Crippen molar-refractivity contribution in [1.29, 1.82) is 0 Å². The van der Waals surface area contributed by atoms with E-state index in [0.29, 0.717) is 13.1 Å². The molecule has 0 saturated carbocycles.